The van der Waals surface area contributed by atoms with Gasteiger partial charge in [-0.15, -0.1) is 0 Å². The molecule has 0 saturated carbocycles. The molecule has 0 spiro atoms. The summed E-state index contributed by atoms with van der Waals surface area (Å²) in [6.07, 6.45) is -0.0344. The summed E-state index contributed by atoms with van der Waals surface area (Å²) >= 11 is 0. The topological polar surface area (TPSA) is 76.1 Å². The Labute approximate surface area is 193 Å². The maximum Gasteiger partial charge on any atom is 0.410 e. The number of phenols is 1. The third-order valence-corrected chi connectivity index (χ3v) is 5.83. The third-order valence-electron chi connectivity index (χ3n) is 5.83. The fourth-order valence-corrected chi connectivity index (χ4v) is 4.21. The number of carbonyl (C=O) groups is 2. The molecule has 3 aromatic carbocycles. The van der Waals surface area contributed by atoms with Crippen molar-refractivity contribution in [2.45, 2.75) is 19.3 Å². The van der Waals surface area contributed by atoms with Crippen LogP contribution in [0.5, 0.6) is 5.75 Å². The zero-order valence-corrected chi connectivity index (χ0v) is 18.6. The molecule has 0 radical (unpaired) electrons. The zero-order valence-electron chi connectivity index (χ0n) is 18.6. The quantitative estimate of drug-likeness (QED) is 0.507. The Morgan fingerprint density at radius 2 is 1.48 bits per heavy atom. The van der Waals surface area contributed by atoms with E-state index in [9.17, 15) is 14.7 Å². The summed E-state index contributed by atoms with van der Waals surface area (Å²) in [7, 11) is 0. The number of benzene rings is 3. The number of amides is 1. The van der Waals surface area contributed by atoms with Crippen LogP contribution in [0.3, 0.4) is 0 Å². The average Bonchev–Trinajstić information content (AvgIpc) is 3.15. The minimum absolute atomic E-state index is 0.0529. The van der Waals surface area contributed by atoms with Crippen LogP contribution >= 0.6 is 0 Å². The highest BCUT2D eigenvalue weighted by atomic mass is 16.6. The predicted molar refractivity (Wildman–Crippen MR) is 125 cm³/mol. The molecule has 6 heteroatoms. The van der Waals surface area contributed by atoms with E-state index in [4.69, 9.17) is 9.47 Å². The Bertz CT molecular complexity index is 1080. The largest absolute Gasteiger partial charge is 0.508 e. The van der Waals surface area contributed by atoms with Crippen molar-refractivity contribution >= 4 is 12.1 Å². The molecule has 33 heavy (non-hydrogen) atoms. The summed E-state index contributed by atoms with van der Waals surface area (Å²) < 4.78 is 10.8. The molecule has 3 aromatic rings. The molecule has 0 atom stereocenters. The van der Waals surface area contributed by atoms with E-state index in [-0.39, 0.29) is 31.4 Å². The van der Waals surface area contributed by atoms with Crippen LogP contribution in [0.4, 0.5) is 4.79 Å². The van der Waals surface area contributed by atoms with E-state index in [1.165, 1.54) is 4.90 Å². The van der Waals surface area contributed by atoms with Crippen LogP contribution in [0.1, 0.15) is 29.5 Å². The van der Waals surface area contributed by atoms with Gasteiger partial charge in [-0.25, -0.2) is 4.79 Å². The zero-order chi connectivity index (χ0) is 23.2. The van der Waals surface area contributed by atoms with Gasteiger partial charge in [0.2, 0.25) is 0 Å². The lowest BCUT2D eigenvalue weighted by Gasteiger charge is -2.23. The van der Waals surface area contributed by atoms with Gasteiger partial charge >= 0.3 is 12.1 Å². The Balaban J connectivity index is 1.46. The van der Waals surface area contributed by atoms with Crippen molar-refractivity contribution in [2.75, 3.05) is 26.3 Å². The van der Waals surface area contributed by atoms with E-state index in [2.05, 4.69) is 24.3 Å². The number of hydrogen-bond donors (Lipinski definition) is 1. The number of esters is 1. The molecule has 4 rings (SSSR count). The highest BCUT2D eigenvalue weighted by Gasteiger charge is 2.30. The Morgan fingerprint density at radius 1 is 0.879 bits per heavy atom. The fraction of sp³-hybridized carbons (Fsp3) is 0.259. The van der Waals surface area contributed by atoms with Crippen molar-refractivity contribution < 1.29 is 24.2 Å². The molecule has 0 aliphatic heterocycles. The van der Waals surface area contributed by atoms with Gasteiger partial charge in [0.15, 0.2) is 0 Å². The SMILES string of the molecule is CCOC(=O)CN(CCc1ccc(O)cc1)C(=O)OCC1c2ccccc2-c2ccccc21. The molecule has 0 aromatic heterocycles. The Morgan fingerprint density at radius 3 is 2.09 bits per heavy atom. The summed E-state index contributed by atoms with van der Waals surface area (Å²) in [5.41, 5.74) is 5.52. The number of nitrogens with zero attached hydrogens (tertiary/aromatic N) is 1. The highest BCUT2D eigenvalue weighted by Crippen LogP contribution is 2.44. The first kappa shape index (κ1) is 22.4. The number of phenolic OH excluding ortho intramolecular Hbond substituents is 1. The number of rotatable bonds is 8. The summed E-state index contributed by atoms with van der Waals surface area (Å²) in [6, 6.07) is 23.1. The van der Waals surface area contributed by atoms with Crippen LogP contribution in [-0.4, -0.2) is 48.4 Å². The van der Waals surface area contributed by atoms with Gasteiger partial charge in [-0.1, -0.05) is 60.7 Å². The molecule has 1 N–H and O–H groups in total. The molecule has 0 bridgehead atoms. The first-order valence-electron chi connectivity index (χ1n) is 11.1. The van der Waals surface area contributed by atoms with E-state index in [1.807, 2.05) is 24.3 Å². The first-order valence-corrected chi connectivity index (χ1v) is 11.1. The molecule has 0 heterocycles. The second-order valence-electron chi connectivity index (χ2n) is 7.95. The van der Waals surface area contributed by atoms with Crippen LogP contribution in [0.2, 0.25) is 0 Å². The second kappa shape index (κ2) is 10.2. The van der Waals surface area contributed by atoms with Gasteiger partial charge in [0.25, 0.3) is 0 Å². The van der Waals surface area contributed by atoms with Crippen molar-refractivity contribution in [3.63, 3.8) is 0 Å². The van der Waals surface area contributed by atoms with Crippen LogP contribution in [0.25, 0.3) is 11.1 Å². The lowest BCUT2D eigenvalue weighted by Crippen LogP contribution is -2.38. The lowest BCUT2D eigenvalue weighted by atomic mass is 9.98. The maximum atomic E-state index is 13.0. The Kier molecular flexibility index (Phi) is 6.93. The van der Waals surface area contributed by atoms with Crippen molar-refractivity contribution in [1.82, 2.24) is 4.90 Å². The van der Waals surface area contributed by atoms with Crippen LogP contribution in [0, 0.1) is 0 Å². The monoisotopic (exact) mass is 445 g/mol. The average molecular weight is 446 g/mol. The molecule has 170 valence electrons. The fourth-order valence-electron chi connectivity index (χ4n) is 4.21. The Hall–Kier alpha value is -3.80. The molecule has 0 fully saturated rings. The van der Waals surface area contributed by atoms with Crippen LogP contribution < -0.4 is 0 Å². The van der Waals surface area contributed by atoms with E-state index in [0.717, 1.165) is 27.8 Å². The molecule has 6 nitrogen and oxygen atoms in total. The summed E-state index contributed by atoms with van der Waals surface area (Å²) in [5, 5.41) is 9.47. The normalized spacial score (nSPS) is 12.0. The molecule has 0 unspecified atom stereocenters. The summed E-state index contributed by atoms with van der Waals surface area (Å²) in [4.78, 5) is 26.5. The van der Waals surface area contributed by atoms with Gasteiger partial charge < -0.3 is 14.6 Å². The minimum Gasteiger partial charge on any atom is -0.508 e. The van der Waals surface area contributed by atoms with Crippen LogP contribution in [-0.2, 0) is 20.7 Å². The first-order chi connectivity index (χ1) is 16.1. The highest BCUT2D eigenvalue weighted by molar-refractivity contribution is 5.80. The van der Waals surface area contributed by atoms with Crippen LogP contribution in [0.15, 0.2) is 72.8 Å². The smallest absolute Gasteiger partial charge is 0.410 e. The summed E-state index contributed by atoms with van der Waals surface area (Å²) in [5.74, 6) is -0.349. The van der Waals surface area contributed by atoms with E-state index >= 15 is 0 Å². The van der Waals surface area contributed by atoms with Crippen molar-refractivity contribution in [3.05, 3.63) is 89.5 Å². The molecule has 0 saturated heterocycles. The number of hydrogen-bond acceptors (Lipinski definition) is 5. The van der Waals surface area contributed by atoms with Crippen molar-refractivity contribution in [1.29, 1.82) is 0 Å². The van der Waals surface area contributed by atoms with Gasteiger partial charge in [-0.05, 0) is 53.3 Å². The van der Waals surface area contributed by atoms with Gasteiger partial charge in [-0.3, -0.25) is 9.69 Å². The van der Waals surface area contributed by atoms with Gasteiger partial charge in [-0.2, -0.15) is 0 Å². The van der Waals surface area contributed by atoms with E-state index in [1.54, 1.807) is 31.2 Å². The number of fused-ring (bicyclic) bond motifs is 3. The van der Waals surface area contributed by atoms with Crippen molar-refractivity contribution in [3.8, 4) is 16.9 Å². The minimum atomic E-state index is -0.552. The number of carbonyl (C=O) groups excluding carboxylic acids is 2. The third kappa shape index (κ3) is 5.17. The van der Waals surface area contributed by atoms with E-state index < -0.39 is 12.1 Å². The molecule has 1 aliphatic carbocycles. The van der Waals surface area contributed by atoms with E-state index in [0.29, 0.717) is 13.0 Å². The van der Waals surface area contributed by atoms with Gasteiger partial charge in [0.1, 0.15) is 18.9 Å². The summed E-state index contributed by atoms with van der Waals surface area (Å²) in [6.45, 7) is 2.27. The molecule has 1 aliphatic rings. The van der Waals surface area contributed by atoms with Crippen molar-refractivity contribution in [2.24, 2.45) is 0 Å². The molecular formula is C27H27NO5. The van der Waals surface area contributed by atoms with Gasteiger partial charge in [0, 0.05) is 12.5 Å². The predicted octanol–water partition coefficient (Wildman–Crippen LogP) is 4.75. The standard InChI is InChI=1S/C27H27NO5/c1-2-32-26(30)17-28(16-15-19-11-13-20(29)14-12-19)27(31)33-18-25-23-9-5-3-7-21(23)22-8-4-6-10-24(22)25/h3-14,25,29H,2,15-18H2,1H3. The molecule has 1 amide bonds. The maximum absolute atomic E-state index is 13.0. The second-order valence-corrected chi connectivity index (χ2v) is 7.95. The number of aromatic hydroxyl groups is 1. The van der Waals surface area contributed by atoms with Gasteiger partial charge in [0.05, 0.1) is 6.61 Å². The molecular weight excluding hydrogens is 418 g/mol. The number of ether oxygens (including phenoxy) is 2. The lowest BCUT2D eigenvalue weighted by molar-refractivity contribution is -0.144.